The van der Waals surface area contributed by atoms with Crippen LogP contribution in [0.15, 0.2) is 10.7 Å². The Morgan fingerprint density at radius 3 is 2.81 bits per heavy atom. The maximum Gasteiger partial charge on any atom is 0.137 e. The Kier molecular flexibility index (Phi) is 4.23. The number of fused-ring (bicyclic) bond motifs is 1. The van der Waals surface area contributed by atoms with Crippen LogP contribution >= 0.6 is 15.9 Å². The molecule has 0 amide bonds. The number of nitrogens with one attached hydrogen (secondary N) is 1. The third-order valence-corrected chi connectivity index (χ3v) is 4.94. The molecule has 0 aliphatic carbocycles. The summed E-state index contributed by atoms with van der Waals surface area (Å²) in [6.07, 6.45) is 5.18. The number of halogens is 1. The molecule has 0 radical (unpaired) electrons. The van der Waals surface area contributed by atoms with Gasteiger partial charge in [-0.25, -0.2) is 9.97 Å². The molecule has 116 valence electrons. The fourth-order valence-corrected chi connectivity index (χ4v) is 3.78. The van der Waals surface area contributed by atoms with Gasteiger partial charge >= 0.3 is 0 Å². The van der Waals surface area contributed by atoms with Crippen LogP contribution in [0.25, 0.3) is 0 Å². The van der Waals surface area contributed by atoms with Crippen LogP contribution in [0.2, 0.25) is 0 Å². The lowest BCUT2D eigenvalue weighted by Gasteiger charge is -2.35. The summed E-state index contributed by atoms with van der Waals surface area (Å²) in [7, 11) is 0. The van der Waals surface area contributed by atoms with E-state index in [9.17, 15) is 0 Å². The molecule has 21 heavy (non-hydrogen) atoms. The summed E-state index contributed by atoms with van der Waals surface area (Å²) in [5.74, 6) is 1.84. The summed E-state index contributed by atoms with van der Waals surface area (Å²) in [6, 6.07) is 3.32. The van der Waals surface area contributed by atoms with Crippen molar-refractivity contribution < 1.29 is 0 Å². The van der Waals surface area contributed by atoms with Crippen LogP contribution in [0.4, 0.5) is 5.82 Å². The van der Waals surface area contributed by atoms with Crippen LogP contribution in [0, 0.1) is 0 Å². The van der Waals surface area contributed by atoms with Crippen LogP contribution in [0.1, 0.15) is 52.3 Å². The molecule has 2 aliphatic heterocycles. The molecule has 2 fully saturated rings. The topological polar surface area (TPSA) is 41.1 Å². The first-order valence-corrected chi connectivity index (χ1v) is 8.77. The number of rotatable bonds is 2. The number of piperidine rings is 1. The Hall–Kier alpha value is -0.680. The van der Waals surface area contributed by atoms with E-state index in [1.165, 1.54) is 38.8 Å². The van der Waals surface area contributed by atoms with Crippen molar-refractivity contribution in [1.82, 2.24) is 14.9 Å². The van der Waals surface area contributed by atoms with Crippen molar-refractivity contribution in [3.8, 4) is 0 Å². The second-order valence-electron chi connectivity index (χ2n) is 7.35. The zero-order valence-electron chi connectivity index (χ0n) is 13.2. The summed E-state index contributed by atoms with van der Waals surface area (Å²) >= 11 is 3.52. The van der Waals surface area contributed by atoms with Crippen molar-refractivity contribution in [3.63, 3.8) is 0 Å². The van der Waals surface area contributed by atoms with Crippen molar-refractivity contribution >= 4 is 21.7 Å². The van der Waals surface area contributed by atoms with Gasteiger partial charge in [-0.05, 0) is 48.2 Å². The van der Waals surface area contributed by atoms with E-state index in [1.807, 2.05) is 6.07 Å². The minimum atomic E-state index is -0.0327. The van der Waals surface area contributed by atoms with Crippen LogP contribution in [-0.4, -0.2) is 40.0 Å². The Labute approximate surface area is 135 Å². The van der Waals surface area contributed by atoms with Crippen molar-refractivity contribution in [2.45, 2.75) is 64.0 Å². The van der Waals surface area contributed by atoms with Gasteiger partial charge in [-0.2, -0.15) is 0 Å². The lowest BCUT2D eigenvalue weighted by atomic mass is 9.95. The van der Waals surface area contributed by atoms with Crippen molar-refractivity contribution in [1.29, 1.82) is 0 Å². The highest BCUT2D eigenvalue weighted by Crippen LogP contribution is 2.29. The van der Waals surface area contributed by atoms with E-state index in [2.05, 4.69) is 51.9 Å². The van der Waals surface area contributed by atoms with Gasteiger partial charge in [0.05, 0.1) is 0 Å². The molecule has 2 unspecified atom stereocenters. The molecule has 1 aromatic rings. The third-order valence-electron chi connectivity index (χ3n) is 4.54. The van der Waals surface area contributed by atoms with Crippen LogP contribution < -0.4 is 5.32 Å². The average molecular weight is 353 g/mol. The smallest absolute Gasteiger partial charge is 0.137 e. The van der Waals surface area contributed by atoms with Gasteiger partial charge in [-0.15, -0.1) is 0 Å². The summed E-state index contributed by atoms with van der Waals surface area (Å²) in [6.45, 7) is 8.96. The Balaban J connectivity index is 1.71. The highest BCUT2D eigenvalue weighted by atomic mass is 79.9. The van der Waals surface area contributed by atoms with Gasteiger partial charge < -0.3 is 10.2 Å². The molecular weight excluding hydrogens is 328 g/mol. The van der Waals surface area contributed by atoms with E-state index in [0.717, 1.165) is 22.3 Å². The van der Waals surface area contributed by atoms with Crippen LogP contribution in [0.5, 0.6) is 0 Å². The SMILES string of the molecule is CC(C)(C)c1nc(Br)cc(NC2CCN3CCCC3C2)n1. The molecule has 2 atom stereocenters. The minimum absolute atomic E-state index is 0.0327. The van der Waals surface area contributed by atoms with Crippen LogP contribution in [-0.2, 0) is 5.41 Å². The molecule has 5 heteroatoms. The highest BCUT2D eigenvalue weighted by molar-refractivity contribution is 9.10. The molecule has 1 aromatic heterocycles. The first kappa shape index (κ1) is 15.2. The van der Waals surface area contributed by atoms with E-state index >= 15 is 0 Å². The highest BCUT2D eigenvalue weighted by Gasteiger charge is 2.31. The van der Waals surface area contributed by atoms with Gasteiger partial charge in [-0.1, -0.05) is 20.8 Å². The lowest BCUT2D eigenvalue weighted by Crippen LogP contribution is -2.42. The molecule has 3 heterocycles. The molecule has 4 nitrogen and oxygen atoms in total. The van der Waals surface area contributed by atoms with Gasteiger partial charge in [0.1, 0.15) is 16.2 Å². The first-order valence-electron chi connectivity index (χ1n) is 7.97. The Morgan fingerprint density at radius 1 is 1.24 bits per heavy atom. The predicted molar refractivity (Wildman–Crippen MR) is 89.7 cm³/mol. The average Bonchev–Trinajstić information content (AvgIpc) is 2.84. The molecule has 1 N–H and O–H groups in total. The summed E-state index contributed by atoms with van der Waals surface area (Å²) in [5, 5.41) is 3.64. The lowest BCUT2D eigenvalue weighted by molar-refractivity contribution is 0.188. The third kappa shape index (κ3) is 3.57. The first-order chi connectivity index (χ1) is 9.91. The second-order valence-corrected chi connectivity index (χ2v) is 8.16. The number of nitrogens with zero attached hydrogens (tertiary/aromatic N) is 3. The molecule has 2 saturated heterocycles. The summed E-state index contributed by atoms with van der Waals surface area (Å²) in [5.41, 5.74) is -0.0327. The Morgan fingerprint density at radius 2 is 2.05 bits per heavy atom. The maximum atomic E-state index is 4.72. The number of hydrogen-bond acceptors (Lipinski definition) is 4. The number of anilines is 1. The van der Waals surface area contributed by atoms with Gasteiger partial charge in [-0.3, -0.25) is 0 Å². The van der Waals surface area contributed by atoms with E-state index in [0.29, 0.717) is 6.04 Å². The molecule has 3 rings (SSSR count). The normalized spacial score (nSPS) is 26.7. The van der Waals surface area contributed by atoms with Gasteiger partial charge in [0.15, 0.2) is 0 Å². The summed E-state index contributed by atoms with van der Waals surface area (Å²) < 4.78 is 0.864. The zero-order valence-corrected chi connectivity index (χ0v) is 14.8. The maximum absolute atomic E-state index is 4.72. The quantitative estimate of drug-likeness (QED) is 0.826. The molecule has 0 saturated carbocycles. The van der Waals surface area contributed by atoms with E-state index in [1.54, 1.807) is 0 Å². The number of hydrogen-bond donors (Lipinski definition) is 1. The molecule has 0 aromatic carbocycles. The second kappa shape index (κ2) is 5.84. The van der Waals surface area contributed by atoms with Gasteiger partial charge in [0, 0.05) is 30.1 Å². The van der Waals surface area contributed by atoms with Gasteiger partial charge in [0.25, 0.3) is 0 Å². The van der Waals surface area contributed by atoms with E-state index in [-0.39, 0.29) is 5.41 Å². The standard InChI is InChI=1S/C16H25BrN4/c1-16(2,3)15-19-13(17)10-14(20-15)18-11-6-8-21-7-4-5-12(21)9-11/h10-12H,4-9H2,1-3H3,(H,18,19,20). The Bertz CT molecular complexity index is 511. The number of aromatic nitrogens is 2. The van der Waals surface area contributed by atoms with E-state index in [4.69, 9.17) is 4.98 Å². The fourth-order valence-electron chi connectivity index (χ4n) is 3.39. The fraction of sp³-hybridized carbons (Fsp3) is 0.750. The van der Waals surface area contributed by atoms with Crippen molar-refractivity contribution in [3.05, 3.63) is 16.5 Å². The summed E-state index contributed by atoms with van der Waals surface area (Å²) in [4.78, 5) is 11.9. The zero-order chi connectivity index (χ0) is 15.0. The molecule has 0 bridgehead atoms. The predicted octanol–water partition coefficient (Wildman–Crippen LogP) is 3.58. The van der Waals surface area contributed by atoms with Crippen LogP contribution in [0.3, 0.4) is 0 Å². The van der Waals surface area contributed by atoms with Crippen molar-refractivity contribution in [2.75, 3.05) is 18.4 Å². The van der Waals surface area contributed by atoms with Crippen molar-refractivity contribution in [2.24, 2.45) is 0 Å². The minimum Gasteiger partial charge on any atom is -0.367 e. The largest absolute Gasteiger partial charge is 0.367 e. The molecule has 0 spiro atoms. The monoisotopic (exact) mass is 352 g/mol. The van der Waals surface area contributed by atoms with E-state index < -0.39 is 0 Å². The molecule has 2 aliphatic rings. The van der Waals surface area contributed by atoms with Gasteiger partial charge in [0.2, 0.25) is 0 Å². The molecular formula is C16H25BrN4.